The number of rotatable bonds is 3. The van der Waals surface area contributed by atoms with Gasteiger partial charge in [0.25, 0.3) is 0 Å². The Hall–Kier alpha value is -0.0800. The van der Waals surface area contributed by atoms with Crippen molar-refractivity contribution in [3.8, 4) is 0 Å². The Bertz CT molecular complexity index is 326. The third-order valence-electron chi connectivity index (χ3n) is 6.85. The van der Waals surface area contributed by atoms with Gasteiger partial charge in [0.2, 0.25) is 0 Å². The van der Waals surface area contributed by atoms with E-state index in [9.17, 15) is 0 Å². The van der Waals surface area contributed by atoms with Crippen LogP contribution in [0.1, 0.15) is 77.0 Å². The van der Waals surface area contributed by atoms with Gasteiger partial charge >= 0.3 is 0 Å². The van der Waals surface area contributed by atoms with E-state index >= 15 is 0 Å². The van der Waals surface area contributed by atoms with Crippen molar-refractivity contribution in [2.24, 2.45) is 11.8 Å². The molecule has 1 saturated heterocycles. The Balaban J connectivity index is 1.43. The minimum absolute atomic E-state index is 0.808. The average Bonchev–Trinajstić information content (AvgIpc) is 3.41. The van der Waals surface area contributed by atoms with E-state index in [2.05, 4.69) is 10.2 Å². The topological polar surface area (TPSA) is 15.3 Å². The van der Waals surface area contributed by atoms with E-state index in [1.165, 1.54) is 90.1 Å². The van der Waals surface area contributed by atoms with Crippen LogP contribution in [-0.4, -0.2) is 36.1 Å². The van der Waals surface area contributed by atoms with E-state index < -0.39 is 0 Å². The molecular formula is C19H34N2. The molecule has 3 saturated carbocycles. The van der Waals surface area contributed by atoms with E-state index in [0.717, 1.165) is 30.0 Å². The molecule has 0 spiro atoms. The SMILES string of the molecule is C1CCC(C2CN(C3CCCCC3)C(C3CC3)CN2)CC1. The zero-order valence-electron chi connectivity index (χ0n) is 13.7. The molecule has 4 fully saturated rings. The largest absolute Gasteiger partial charge is 0.311 e. The third-order valence-corrected chi connectivity index (χ3v) is 6.85. The van der Waals surface area contributed by atoms with Crippen LogP contribution in [-0.2, 0) is 0 Å². The fourth-order valence-electron chi connectivity index (χ4n) is 5.42. The lowest BCUT2D eigenvalue weighted by atomic mass is 9.81. The van der Waals surface area contributed by atoms with Gasteiger partial charge in [-0.2, -0.15) is 0 Å². The average molecular weight is 290 g/mol. The quantitative estimate of drug-likeness (QED) is 0.846. The van der Waals surface area contributed by atoms with Gasteiger partial charge in [0, 0.05) is 31.2 Å². The molecule has 21 heavy (non-hydrogen) atoms. The smallest absolute Gasteiger partial charge is 0.0252 e. The predicted molar refractivity (Wildman–Crippen MR) is 88.5 cm³/mol. The van der Waals surface area contributed by atoms with Gasteiger partial charge in [-0.1, -0.05) is 38.5 Å². The summed E-state index contributed by atoms with van der Waals surface area (Å²) in [5, 5.41) is 3.99. The number of piperazine rings is 1. The summed E-state index contributed by atoms with van der Waals surface area (Å²) in [6.45, 7) is 2.67. The van der Waals surface area contributed by atoms with Gasteiger partial charge in [-0.3, -0.25) is 4.90 Å². The number of nitrogens with zero attached hydrogens (tertiary/aromatic N) is 1. The van der Waals surface area contributed by atoms with Crippen molar-refractivity contribution >= 4 is 0 Å². The molecule has 0 radical (unpaired) electrons. The second-order valence-corrected chi connectivity index (χ2v) is 8.31. The van der Waals surface area contributed by atoms with E-state index in [-0.39, 0.29) is 0 Å². The maximum atomic E-state index is 3.99. The summed E-state index contributed by atoms with van der Waals surface area (Å²) in [4.78, 5) is 3.01. The number of hydrogen-bond acceptors (Lipinski definition) is 2. The van der Waals surface area contributed by atoms with E-state index in [0.29, 0.717) is 0 Å². The summed E-state index contributed by atoms with van der Waals surface area (Å²) in [5.41, 5.74) is 0. The molecule has 3 aliphatic carbocycles. The minimum atomic E-state index is 0.808. The zero-order valence-corrected chi connectivity index (χ0v) is 13.7. The lowest BCUT2D eigenvalue weighted by Crippen LogP contribution is -2.62. The number of hydrogen-bond donors (Lipinski definition) is 1. The fourth-order valence-corrected chi connectivity index (χ4v) is 5.42. The van der Waals surface area contributed by atoms with E-state index in [4.69, 9.17) is 0 Å². The zero-order chi connectivity index (χ0) is 14.1. The van der Waals surface area contributed by atoms with Crippen LogP contribution < -0.4 is 5.32 Å². The van der Waals surface area contributed by atoms with Gasteiger partial charge in [0.1, 0.15) is 0 Å². The summed E-state index contributed by atoms with van der Waals surface area (Å²) in [6.07, 6.45) is 17.9. The molecule has 2 unspecified atom stereocenters. The highest BCUT2D eigenvalue weighted by molar-refractivity contribution is 4.99. The molecule has 0 aromatic rings. The van der Waals surface area contributed by atoms with Crippen LogP contribution in [0.15, 0.2) is 0 Å². The van der Waals surface area contributed by atoms with Crippen molar-refractivity contribution in [2.75, 3.05) is 13.1 Å². The van der Waals surface area contributed by atoms with Crippen LogP contribution in [0.2, 0.25) is 0 Å². The molecule has 2 atom stereocenters. The first-order chi connectivity index (χ1) is 10.4. The maximum Gasteiger partial charge on any atom is 0.0252 e. The normalized spacial score (nSPS) is 37.7. The molecule has 120 valence electrons. The lowest BCUT2D eigenvalue weighted by Gasteiger charge is -2.48. The molecule has 4 aliphatic rings. The minimum Gasteiger partial charge on any atom is -0.311 e. The second kappa shape index (κ2) is 6.58. The van der Waals surface area contributed by atoms with Crippen LogP contribution in [0.25, 0.3) is 0 Å². The first-order valence-electron chi connectivity index (χ1n) is 9.91. The first kappa shape index (κ1) is 14.5. The molecule has 0 aromatic carbocycles. The molecule has 1 aliphatic heterocycles. The third kappa shape index (κ3) is 3.32. The second-order valence-electron chi connectivity index (χ2n) is 8.31. The molecule has 4 rings (SSSR count). The van der Waals surface area contributed by atoms with Crippen LogP contribution in [0, 0.1) is 11.8 Å². The van der Waals surface area contributed by atoms with E-state index in [1.54, 1.807) is 0 Å². The standard InChI is InChI=1S/C19H34N2/c1-3-7-15(8-4-1)18-14-21(17-9-5-2-6-10-17)19(13-20-18)16-11-12-16/h15-20H,1-14H2. The summed E-state index contributed by atoms with van der Waals surface area (Å²) in [5.74, 6) is 2.01. The summed E-state index contributed by atoms with van der Waals surface area (Å²) >= 11 is 0. The van der Waals surface area contributed by atoms with Gasteiger partial charge in [0.15, 0.2) is 0 Å². The molecule has 2 heteroatoms. The summed E-state index contributed by atoms with van der Waals surface area (Å²) in [6, 6.07) is 2.62. The molecule has 2 nitrogen and oxygen atoms in total. The summed E-state index contributed by atoms with van der Waals surface area (Å²) in [7, 11) is 0. The molecule has 1 N–H and O–H groups in total. The fraction of sp³-hybridized carbons (Fsp3) is 1.00. The van der Waals surface area contributed by atoms with Gasteiger partial charge in [-0.05, 0) is 50.4 Å². The molecule has 0 aromatic heterocycles. The predicted octanol–water partition coefficient (Wildman–Crippen LogP) is 3.95. The monoisotopic (exact) mass is 290 g/mol. The molecule has 0 bridgehead atoms. The van der Waals surface area contributed by atoms with Crippen molar-refractivity contribution in [1.82, 2.24) is 10.2 Å². The maximum absolute atomic E-state index is 3.99. The highest BCUT2D eigenvalue weighted by Crippen LogP contribution is 2.40. The van der Waals surface area contributed by atoms with Crippen molar-refractivity contribution in [2.45, 2.75) is 95.2 Å². The van der Waals surface area contributed by atoms with Gasteiger partial charge in [0.05, 0.1) is 0 Å². The van der Waals surface area contributed by atoms with Crippen LogP contribution >= 0.6 is 0 Å². The Kier molecular flexibility index (Phi) is 4.55. The Labute approximate surface area is 131 Å². The van der Waals surface area contributed by atoms with Crippen molar-refractivity contribution in [1.29, 1.82) is 0 Å². The summed E-state index contributed by atoms with van der Waals surface area (Å²) < 4.78 is 0. The molecule has 1 heterocycles. The Morgan fingerprint density at radius 2 is 1.33 bits per heavy atom. The highest BCUT2D eigenvalue weighted by Gasteiger charge is 2.42. The van der Waals surface area contributed by atoms with Crippen molar-refractivity contribution in [3.63, 3.8) is 0 Å². The van der Waals surface area contributed by atoms with Crippen LogP contribution in [0.4, 0.5) is 0 Å². The van der Waals surface area contributed by atoms with E-state index in [1.807, 2.05) is 0 Å². The first-order valence-corrected chi connectivity index (χ1v) is 9.91. The Morgan fingerprint density at radius 1 is 0.667 bits per heavy atom. The Morgan fingerprint density at radius 3 is 2.00 bits per heavy atom. The number of nitrogens with one attached hydrogen (secondary N) is 1. The molecule has 0 amide bonds. The van der Waals surface area contributed by atoms with Gasteiger partial charge in [-0.15, -0.1) is 0 Å². The van der Waals surface area contributed by atoms with Crippen LogP contribution in [0.5, 0.6) is 0 Å². The van der Waals surface area contributed by atoms with Crippen molar-refractivity contribution in [3.05, 3.63) is 0 Å². The van der Waals surface area contributed by atoms with Gasteiger partial charge < -0.3 is 5.32 Å². The van der Waals surface area contributed by atoms with Gasteiger partial charge in [-0.25, -0.2) is 0 Å². The van der Waals surface area contributed by atoms with Crippen LogP contribution in [0.3, 0.4) is 0 Å². The van der Waals surface area contributed by atoms with Crippen molar-refractivity contribution < 1.29 is 0 Å². The highest BCUT2D eigenvalue weighted by atomic mass is 15.3. The lowest BCUT2D eigenvalue weighted by molar-refractivity contribution is 0.0330. The molecular weight excluding hydrogens is 256 g/mol.